The molecule has 3 aromatic rings. The maximum absolute atomic E-state index is 15.3. The van der Waals surface area contributed by atoms with Gasteiger partial charge in [0.15, 0.2) is 11.0 Å². The van der Waals surface area contributed by atoms with Crippen LogP contribution < -0.4 is 9.64 Å². The summed E-state index contributed by atoms with van der Waals surface area (Å²) in [6.07, 6.45) is 2.31. The number of rotatable bonds is 6. The van der Waals surface area contributed by atoms with Gasteiger partial charge in [0.25, 0.3) is 0 Å². The summed E-state index contributed by atoms with van der Waals surface area (Å²) in [5.41, 5.74) is 1.27. The summed E-state index contributed by atoms with van der Waals surface area (Å²) in [7, 11) is -2.12. The number of hydrogen-bond donors (Lipinski definition) is 0. The molecule has 3 heterocycles. The van der Waals surface area contributed by atoms with Crippen molar-refractivity contribution in [3.05, 3.63) is 81.7 Å². The molecule has 2 aromatic carbocycles. The third kappa shape index (κ3) is 6.64. The van der Waals surface area contributed by atoms with Gasteiger partial charge >= 0.3 is 0 Å². The van der Waals surface area contributed by atoms with Crippen LogP contribution >= 0.6 is 23.2 Å². The lowest BCUT2D eigenvalue weighted by molar-refractivity contribution is -0.135. The van der Waals surface area contributed by atoms with Gasteiger partial charge in [-0.05, 0) is 54.3 Å². The Morgan fingerprint density at radius 3 is 2.40 bits per heavy atom. The van der Waals surface area contributed by atoms with E-state index in [0.29, 0.717) is 54.6 Å². The van der Waals surface area contributed by atoms with Gasteiger partial charge in [-0.15, -0.1) is 10.2 Å². The van der Waals surface area contributed by atoms with E-state index in [4.69, 9.17) is 27.9 Å². The van der Waals surface area contributed by atoms with E-state index >= 15 is 4.39 Å². The fourth-order valence-electron chi connectivity index (χ4n) is 5.95. The van der Waals surface area contributed by atoms with Crippen LogP contribution in [-0.2, 0) is 14.8 Å². The number of halogens is 3. The molecule has 0 spiro atoms. The van der Waals surface area contributed by atoms with Crippen molar-refractivity contribution in [1.29, 1.82) is 0 Å². The molecule has 0 radical (unpaired) electrons. The van der Waals surface area contributed by atoms with E-state index in [0.717, 1.165) is 5.56 Å². The monoisotopic (exact) mass is 635 g/mol. The summed E-state index contributed by atoms with van der Waals surface area (Å²) < 4.78 is 47.8. The van der Waals surface area contributed by atoms with Crippen LogP contribution in [0.3, 0.4) is 0 Å². The average Bonchev–Trinajstić information content (AvgIpc) is 3.38. The van der Waals surface area contributed by atoms with Crippen LogP contribution in [0.25, 0.3) is 0 Å². The molecule has 13 heteroatoms. The quantitative estimate of drug-likeness (QED) is 0.385. The van der Waals surface area contributed by atoms with Gasteiger partial charge in [-0.3, -0.25) is 4.79 Å². The second-order valence-electron chi connectivity index (χ2n) is 10.6. The average molecular weight is 637 g/mol. The minimum atomic E-state index is -3.59. The molecule has 0 saturated carbocycles. The third-order valence-corrected chi connectivity index (χ3v) is 9.76. The van der Waals surface area contributed by atoms with Gasteiger partial charge in [0.2, 0.25) is 15.9 Å². The molecule has 0 N–H and O–H groups in total. The van der Waals surface area contributed by atoms with Crippen molar-refractivity contribution in [1.82, 2.24) is 19.4 Å². The molecule has 0 aliphatic carbocycles. The van der Waals surface area contributed by atoms with Crippen LogP contribution in [0.15, 0.2) is 54.6 Å². The summed E-state index contributed by atoms with van der Waals surface area (Å²) in [6, 6.07) is 14.8. The lowest BCUT2D eigenvalue weighted by Gasteiger charge is -2.37. The highest BCUT2D eigenvalue weighted by molar-refractivity contribution is 7.88. The van der Waals surface area contributed by atoms with E-state index in [9.17, 15) is 13.2 Å². The number of amides is 1. The summed E-state index contributed by atoms with van der Waals surface area (Å²) in [6.45, 7) is 1.45. The molecule has 1 aromatic heterocycles. The molecule has 2 aliphatic heterocycles. The molecule has 3 atom stereocenters. The van der Waals surface area contributed by atoms with Crippen LogP contribution in [0.2, 0.25) is 10.2 Å². The molecule has 224 valence electrons. The van der Waals surface area contributed by atoms with E-state index < -0.39 is 27.7 Å². The van der Waals surface area contributed by atoms with Crippen molar-refractivity contribution in [3.8, 4) is 5.75 Å². The van der Waals surface area contributed by atoms with Gasteiger partial charge in [0, 0.05) is 55.8 Å². The smallest absolute Gasteiger partial charge is 0.228 e. The first-order chi connectivity index (χ1) is 20.0. The van der Waals surface area contributed by atoms with E-state index in [1.807, 2.05) is 17.0 Å². The topological polar surface area (TPSA) is 95.9 Å². The first-order valence-corrected chi connectivity index (χ1v) is 16.2. The van der Waals surface area contributed by atoms with Crippen LogP contribution in [0.5, 0.6) is 5.75 Å². The van der Waals surface area contributed by atoms with Gasteiger partial charge in [-0.2, -0.15) is 4.31 Å². The Morgan fingerprint density at radius 1 is 1.00 bits per heavy atom. The number of hydrogen-bond acceptors (Lipinski definition) is 7. The Labute approximate surface area is 255 Å². The Morgan fingerprint density at radius 2 is 1.76 bits per heavy atom. The number of ether oxygens (including phenoxy) is 1. The Kier molecular flexibility index (Phi) is 9.22. The molecule has 2 aliphatic rings. The van der Waals surface area contributed by atoms with Crippen LogP contribution in [-0.4, -0.2) is 79.8 Å². The first-order valence-electron chi connectivity index (χ1n) is 13.6. The molecule has 0 bridgehead atoms. The normalized spacial score (nSPS) is 22.1. The number of nitrogens with zero attached hydrogens (tertiary/aromatic N) is 5. The molecule has 5 rings (SSSR count). The maximum Gasteiger partial charge on any atom is 0.228 e. The highest BCUT2D eigenvalue weighted by Gasteiger charge is 2.43. The molecular formula is C29H32Cl2FN5O4S. The van der Waals surface area contributed by atoms with Crippen LogP contribution in [0, 0.1) is 11.7 Å². The number of carbonyl (C=O) groups is 1. The van der Waals surface area contributed by atoms with E-state index in [1.165, 1.54) is 23.7 Å². The van der Waals surface area contributed by atoms with Crippen LogP contribution in [0.1, 0.15) is 35.9 Å². The number of benzene rings is 2. The fraction of sp³-hybridized carbons (Fsp3) is 0.414. The highest BCUT2D eigenvalue weighted by atomic mass is 35.5. The third-order valence-electron chi connectivity index (χ3n) is 8.02. The number of carbonyl (C=O) groups excluding carboxylic acids is 1. The Hall–Kier alpha value is -2.99. The second kappa shape index (κ2) is 12.7. The minimum Gasteiger partial charge on any atom is -0.497 e. The zero-order valence-electron chi connectivity index (χ0n) is 23.3. The van der Waals surface area contributed by atoms with E-state index in [1.54, 1.807) is 41.3 Å². The van der Waals surface area contributed by atoms with Crippen molar-refractivity contribution in [2.24, 2.45) is 5.92 Å². The van der Waals surface area contributed by atoms with Crippen LogP contribution in [0.4, 0.5) is 10.2 Å². The lowest BCUT2D eigenvalue weighted by Crippen LogP contribution is -2.47. The molecule has 2 fully saturated rings. The van der Waals surface area contributed by atoms with Crippen molar-refractivity contribution in [2.75, 3.05) is 51.0 Å². The van der Waals surface area contributed by atoms with Crippen molar-refractivity contribution < 1.29 is 22.3 Å². The lowest BCUT2D eigenvalue weighted by atomic mass is 9.87. The number of sulfonamides is 1. The molecule has 2 saturated heterocycles. The van der Waals surface area contributed by atoms with E-state index in [-0.39, 0.29) is 30.2 Å². The molecule has 3 unspecified atom stereocenters. The minimum absolute atomic E-state index is 0.137. The number of methoxy groups -OCH3 is 1. The second-order valence-corrected chi connectivity index (χ2v) is 13.4. The van der Waals surface area contributed by atoms with Crippen molar-refractivity contribution >= 4 is 45.0 Å². The maximum atomic E-state index is 15.3. The molecule has 9 nitrogen and oxygen atoms in total. The molecular weight excluding hydrogens is 604 g/mol. The largest absolute Gasteiger partial charge is 0.497 e. The number of aromatic nitrogens is 2. The zero-order valence-corrected chi connectivity index (χ0v) is 25.6. The highest BCUT2D eigenvalue weighted by Crippen LogP contribution is 2.39. The first kappa shape index (κ1) is 30.5. The summed E-state index contributed by atoms with van der Waals surface area (Å²) >= 11 is 12.0. The molecule has 1 amide bonds. The summed E-state index contributed by atoms with van der Waals surface area (Å²) in [5, 5.41) is 8.93. The standard InChI is InChI=1S/C29H32Cl2FN5O4S/c1-41-21-9-10-22(25(32)16-21)23-17-36(28-12-11-27(31)33-34-28)18-24(23)29(38)35-13-3-4-26(19-5-7-20(30)8-6-19)37(15-14-35)42(2,39)40/h5-12,16,23-24,26H,3-4,13-15,17-18H2,1-2H3. The predicted octanol–water partition coefficient (Wildman–Crippen LogP) is 4.78. The SMILES string of the molecule is COc1ccc(C2CN(c3ccc(Cl)nn3)CC2C(=O)N2CCCC(c3ccc(Cl)cc3)N(S(C)(=O)=O)CC2)c(F)c1. The summed E-state index contributed by atoms with van der Waals surface area (Å²) in [5.74, 6) is -0.753. The van der Waals surface area contributed by atoms with E-state index in [2.05, 4.69) is 10.2 Å². The van der Waals surface area contributed by atoms with Crippen molar-refractivity contribution in [2.45, 2.75) is 24.8 Å². The van der Waals surface area contributed by atoms with Gasteiger partial charge < -0.3 is 14.5 Å². The van der Waals surface area contributed by atoms with Gasteiger partial charge in [0.1, 0.15) is 11.6 Å². The zero-order chi connectivity index (χ0) is 30.0. The molecule has 42 heavy (non-hydrogen) atoms. The number of anilines is 1. The Bertz CT molecular complexity index is 1530. The van der Waals surface area contributed by atoms with Gasteiger partial charge in [0.05, 0.1) is 19.3 Å². The van der Waals surface area contributed by atoms with Gasteiger partial charge in [-0.25, -0.2) is 12.8 Å². The Balaban J connectivity index is 1.41. The van der Waals surface area contributed by atoms with Gasteiger partial charge in [-0.1, -0.05) is 41.4 Å². The fourth-order valence-corrected chi connectivity index (χ4v) is 7.27. The van der Waals surface area contributed by atoms with Crippen molar-refractivity contribution in [3.63, 3.8) is 0 Å². The summed E-state index contributed by atoms with van der Waals surface area (Å²) in [4.78, 5) is 17.8. The predicted molar refractivity (Wildman–Crippen MR) is 160 cm³/mol.